The molecule has 0 aromatic heterocycles. The van der Waals surface area contributed by atoms with Crippen molar-refractivity contribution in [2.75, 3.05) is 0 Å². The highest BCUT2D eigenvalue weighted by Crippen LogP contribution is 2.65. The third kappa shape index (κ3) is 0.375. The molecule has 0 radical (unpaired) electrons. The molecule has 2 saturated carbocycles. The molecular formula is C8H14. The molecule has 0 bridgehead atoms. The fourth-order valence-corrected chi connectivity index (χ4v) is 2.48. The third-order valence-electron chi connectivity index (χ3n) is 3.28. The van der Waals surface area contributed by atoms with E-state index >= 15 is 0 Å². The summed E-state index contributed by atoms with van der Waals surface area (Å²) in [6.45, 7) is 4.73. The van der Waals surface area contributed by atoms with Gasteiger partial charge in [0.1, 0.15) is 0 Å². The SMILES string of the molecule is CCC1CC2C(C)C12. The zero-order valence-corrected chi connectivity index (χ0v) is 5.72. The van der Waals surface area contributed by atoms with Gasteiger partial charge in [0.25, 0.3) is 0 Å². The van der Waals surface area contributed by atoms with Crippen LogP contribution in [-0.2, 0) is 0 Å². The van der Waals surface area contributed by atoms with Gasteiger partial charge in [-0.2, -0.15) is 0 Å². The quantitative estimate of drug-likeness (QED) is 0.486. The lowest BCUT2D eigenvalue weighted by Crippen LogP contribution is -2.13. The highest BCUT2D eigenvalue weighted by Gasteiger charge is 2.58. The Kier molecular flexibility index (Phi) is 0.778. The Morgan fingerprint density at radius 3 is 2.38 bits per heavy atom. The molecule has 2 aliphatic carbocycles. The Bertz CT molecular complexity index is 103. The summed E-state index contributed by atoms with van der Waals surface area (Å²) in [5.74, 6) is 4.61. The molecule has 0 nitrogen and oxygen atoms in total. The average molecular weight is 110 g/mol. The molecule has 0 N–H and O–H groups in total. The molecule has 0 saturated heterocycles. The van der Waals surface area contributed by atoms with E-state index in [-0.39, 0.29) is 0 Å². The minimum Gasteiger partial charge on any atom is -0.0651 e. The van der Waals surface area contributed by atoms with Gasteiger partial charge in [-0.05, 0) is 30.1 Å². The second-order valence-corrected chi connectivity index (χ2v) is 3.50. The van der Waals surface area contributed by atoms with Gasteiger partial charge in [-0.3, -0.25) is 0 Å². The minimum atomic E-state index is 1.11. The molecule has 46 valence electrons. The first-order valence-electron chi connectivity index (χ1n) is 3.84. The van der Waals surface area contributed by atoms with Gasteiger partial charge in [-0.15, -0.1) is 0 Å². The summed E-state index contributed by atoms with van der Waals surface area (Å²) in [5.41, 5.74) is 0. The van der Waals surface area contributed by atoms with E-state index in [4.69, 9.17) is 0 Å². The first-order valence-corrected chi connectivity index (χ1v) is 3.84. The fourth-order valence-electron chi connectivity index (χ4n) is 2.48. The monoisotopic (exact) mass is 110 g/mol. The molecule has 0 heteroatoms. The first kappa shape index (κ1) is 4.84. The lowest BCUT2D eigenvalue weighted by molar-refractivity contribution is 0.280. The molecule has 2 rings (SSSR count). The normalized spacial score (nSPS) is 59.2. The lowest BCUT2D eigenvalue weighted by atomic mass is 9.84. The lowest BCUT2D eigenvalue weighted by Gasteiger charge is -2.22. The van der Waals surface area contributed by atoms with Crippen LogP contribution in [0.15, 0.2) is 0 Å². The van der Waals surface area contributed by atoms with Crippen molar-refractivity contribution in [2.24, 2.45) is 23.7 Å². The van der Waals surface area contributed by atoms with E-state index < -0.39 is 0 Å². The van der Waals surface area contributed by atoms with Gasteiger partial charge in [0.05, 0.1) is 0 Å². The van der Waals surface area contributed by atoms with Crippen molar-refractivity contribution in [3.8, 4) is 0 Å². The summed E-state index contributed by atoms with van der Waals surface area (Å²) in [4.78, 5) is 0. The molecule has 2 aliphatic rings. The van der Waals surface area contributed by atoms with Crippen LogP contribution in [0.4, 0.5) is 0 Å². The molecule has 4 unspecified atom stereocenters. The van der Waals surface area contributed by atoms with E-state index in [0.717, 1.165) is 11.8 Å². The van der Waals surface area contributed by atoms with E-state index in [0.29, 0.717) is 0 Å². The maximum Gasteiger partial charge on any atom is -0.0326 e. The van der Waals surface area contributed by atoms with Crippen LogP contribution in [0.1, 0.15) is 26.7 Å². The van der Waals surface area contributed by atoms with Gasteiger partial charge < -0.3 is 0 Å². The van der Waals surface area contributed by atoms with Crippen molar-refractivity contribution < 1.29 is 0 Å². The van der Waals surface area contributed by atoms with Crippen molar-refractivity contribution in [1.82, 2.24) is 0 Å². The van der Waals surface area contributed by atoms with Gasteiger partial charge in [0.2, 0.25) is 0 Å². The summed E-state index contributed by atoms with van der Waals surface area (Å²) >= 11 is 0. The van der Waals surface area contributed by atoms with E-state index in [2.05, 4.69) is 13.8 Å². The Hall–Kier alpha value is 0. The van der Waals surface area contributed by atoms with Crippen LogP contribution in [0.5, 0.6) is 0 Å². The number of hydrogen-bond acceptors (Lipinski definition) is 0. The van der Waals surface area contributed by atoms with Crippen LogP contribution in [0, 0.1) is 23.7 Å². The summed E-state index contributed by atoms with van der Waals surface area (Å²) in [6, 6.07) is 0. The summed E-state index contributed by atoms with van der Waals surface area (Å²) < 4.78 is 0. The van der Waals surface area contributed by atoms with Crippen molar-refractivity contribution in [1.29, 1.82) is 0 Å². The van der Waals surface area contributed by atoms with Crippen LogP contribution in [0.2, 0.25) is 0 Å². The summed E-state index contributed by atoms with van der Waals surface area (Å²) in [6.07, 6.45) is 2.99. The molecule has 8 heavy (non-hydrogen) atoms. The maximum absolute atomic E-state index is 2.41. The van der Waals surface area contributed by atoms with Gasteiger partial charge in [-0.1, -0.05) is 20.3 Å². The second-order valence-electron chi connectivity index (χ2n) is 3.50. The van der Waals surface area contributed by atoms with E-state index in [1.165, 1.54) is 18.3 Å². The molecule has 0 amide bonds. The van der Waals surface area contributed by atoms with Crippen LogP contribution < -0.4 is 0 Å². The third-order valence-corrected chi connectivity index (χ3v) is 3.28. The molecule has 0 aromatic carbocycles. The number of fused-ring (bicyclic) bond motifs is 1. The number of hydrogen-bond donors (Lipinski definition) is 0. The smallest absolute Gasteiger partial charge is 0.0326 e. The van der Waals surface area contributed by atoms with Gasteiger partial charge >= 0.3 is 0 Å². The Morgan fingerprint density at radius 1 is 1.50 bits per heavy atom. The van der Waals surface area contributed by atoms with E-state index in [1.807, 2.05) is 0 Å². The van der Waals surface area contributed by atoms with Crippen molar-refractivity contribution in [3.05, 3.63) is 0 Å². The van der Waals surface area contributed by atoms with Crippen LogP contribution in [0.3, 0.4) is 0 Å². The average Bonchev–Trinajstić information content (AvgIpc) is 2.09. The van der Waals surface area contributed by atoms with E-state index in [9.17, 15) is 0 Å². The predicted molar refractivity (Wildman–Crippen MR) is 34.5 cm³/mol. The Balaban J connectivity index is 1.93. The molecular weight excluding hydrogens is 96.1 g/mol. The summed E-state index contributed by atoms with van der Waals surface area (Å²) in [7, 11) is 0. The van der Waals surface area contributed by atoms with Crippen molar-refractivity contribution in [2.45, 2.75) is 26.7 Å². The molecule has 4 atom stereocenters. The largest absolute Gasteiger partial charge is 0.0651 e. The highest BCUT2D eigenvalue weighted by atomic mass is 14.6. The Labute approximate surface area is 51.3 Å². The highest BCUT2D eigenvalue weighted by molar-refractivity contribution is 5.07. The van der Waals surface area contributed by atoms with Gasteiger partial charge in [-0.25, -0.2) is 0 Å². The van der Waals surface area contributed by atoms with Crippen LogP contribution in [0.25, 0.3) is 0 Å². The zero-order valence-electron chi connectivity index (χ0n) is 5.72. The molecule has 0 aliphatic heterocycles. The predicted octanol–water partition coefficient (Wildman–Crippen LogP) is 2.30. The van der Waals surface area contributed by atoms with Crippen molar-refractivity contribution >= 4 is 0 Å². The first-order chi connectivity index (χ1) is 3.84. The van der Waals surface area contributed by atoms with E-state index in [1.54, 1.807) is 6.42 Å². The Morgan fingerprint density at radius 2 is 2.25 bits per heavy atom. The molecule has 0 heterocycles. The standard InChI is InChI=1S/C8H14/c1-3-6-4-7-5(2)8(6)7/h5-8H,3-4H2,1-2H3. The molecule has 2 fully saturated rings. The second kappa shape index (κ2) is 1.29. The fraction of sp³-hybridized carbons (Fsp3) is 1.00. The summed E-state index contributed by atoms with van der Waals surface area (Å²) in [5, 5.41) is 0. The van der Waals surface area contributed by atoms with Crippen molar-refractivity contribution in [3.63, 3.8) is 0 Å². The molecule has 0 aromatic rings. The van der Waals surface area contributed by atoms with Crippen LogP contribution in [-0.4, -0.2) is 0 Å². The number of rotatable bonds is 1. The zero-order chi connectivity index (χ0) is 5.72. The minimum absolute atomic E-state index is 1.11. The topological polar surface area (TPSA) is 0 Å². The molecule has 0 spiro atoms. The van der Waals surface area contributed by atoms with Gasteiger partial charge in [0.15, 0.2) is 0 Å². The maximum atomic E-state index is 2.41. The van der Waals surface area contributed by atoms with Crippen LogP contribution >= 0.6 is 0 Å². The van der Waals surface area contributed by atoms with Gasteiger partial charge in [0, 0.05) is 0 Å².